The summed E-state index contributed by atoms with van der Waals surface area (Å²) in [5.74, 6) is -0.771. The lowest BCUT2D eigenvalue weighted by Gasteiger charge is -2.07. The molecule has 0 bridgehead atoms. The van der Waals surface area contributed by atoms with Gasteiger partial charge in [-0.2, -0.15) is 13.2 Å². The van der Waals surface area contributed by atoms with E-state index in [1.54, 1.807) is 6.92 Å². The molecule has 0 unspecified atom stereocenters. The van der Waals surface area contributed by atoms with E-state index in [4.69, 9.17) is 9.26 Å². The first kappa shape index (κ1) is 17.9. The maximum absolute atomic E-state index is 12.2. The molecule has 0 saturated carbocycles. The second-order valence-electron chi connectivity index (χ2n) is 4.52. The Kier molecular flexibility index (Phi) is 5.50. The van der Waals surface area contributed by atoms with Crippen molar-refractivity contribution in [2.45, 2.75) is 17.3 Å². The van der Waals surface area contributed by atoms with Crippen molar-refractivity contribution in [1.29, 1.82) is 0 Å². The highest BCUT2D eigenvalue weighted by atomic mass is 32.2. The zero-order valence-electron chi connectivity index (χ0n) is 12.2. The fraction of sp³-hybridized carbons (Fsp3) is 0.214. The van der Waals surface area contributed by atoms with Crippen LogP contribution in [-0.2, 0) is 9.53 Å². The zero-order chi connectivity index (χ0) is 17.7. The summed E-state index contributed by atoms with van der Waals surface area (Å²) in [6, 6.07) is 6.15. The highest BCUT2D eigenvalue weighted by molar-refractivity contribution is 8.00. The minimum Gasteiger partial charge on any atom is -0.452 e. The number of carbonyl (C=O) groups excluding carboxylic acids is 2. The van der Waals surface area contributed by atoms with Crippen molar-refractivity contribution in [3.05, 3.63) is 41.7 Å². The third-order valence-corrected chi connectivity index (χ3v) is 3.29. The van der Waals surface area contributed by atoms with E-state index in [2.05, 4.69) is 10.5 Å². The van der Waals surface area contributed by atoms with Crippen molar-refractivity contribution in [2.75, 3.05) is 11.9 Å². The number of nitrogens with one attached hydrogen (secondary N) is 1. The largest absolute Gasteiger partial charge is 0.452 e. The minimum absolute atomic E-state index is 0.0339. The Morgan fingerprint density at radius 1 is 1.29 bits per heavy atom. The van der Waals surface area contributed by atoms with Crippen molar-refractivity contribution in [1.82, 2.24) is 5.16 Å². The van der Waals surface area contributed by atoms with Gasteiger partial charge in [0, 0.05) is 11.0 Å². The van der Waals surface area contributed by atoms with Crippen LogP contribution in [0.15, 0.2) is 39.8 Å². The average Bonchev–Trinajstić information content (AvgIpc) is 2.89. The Balaban J connectivity index is 1.84. The number of aryl methyl sites for hydroxylation is 1. The third kappa shape index (κ3) is 5.61. The number of nitrogens with zero attached hydrogens (tertiary/aromatic N) is 1. The van der Waals surface area contributed by atoms with Crippen LogP contribution < -0.4 is 5.32 Å². The fourth-order valence-corrected chi connectivity index (χ4v) is 2.15. The topological polar surface area (TPSA) is 81.4 Å². The minimum atomic E-state index is -4.40. The molecular formula is C14H11F3N2O4S. The van der Waals surface area contributed by atoms with Crippen LogP contribution in [0.5, 0.6) is 0 Å². The number of hydrogen-bond donors (Lipinski definition) is 1. The number of esters is 1. The SMILES string of the molecule is Cc1cc(NC(=O)COC(=O)c2ccc(SC(F)(F)F)cc2)no1. The summed E-state index contributed by atoms with van der Waals surface area (Å²) in [5, 5.41) is 5.89. The van der Waals surface area contributed by atoms with Gasteiger partial charge in [-0.3, -0.25) is 4.79 Å². The van der Waals surface area contributed by atoms with Crippen LogP contribution in [0.2, 0.25) is 0 Å². The number of ether oxygens (including phenoxy) is 1. The maximum Gasteiger partial charge on any atom is 0.446 e. The van der Waals surface area contributed by atoms with E-state index in [-0.39, 0.29) is 28.0 Å². The van der Waals surface area contributed by atoms with Gasteiger partial charge in [0.1, 0.15) is 5.76 Å². The molecule has 0 saturated heterocycles. The van der Waals surface area contributed by atoms with Crippen molar-refractivity contribution in [3.8, 4) is 0 Å². The number of halogens is 3. The molecule has 10 heteroatoms. The van der Waals surface area contributed by atoms with Crippen molar-refractivity contribution in [3.63, 3.8) is 0 Å². The van der Waals surface area contributed by atoms with Gasteiger partial charge in [-0.25, -0.2) is 4.79 Å². The van der Waals surface area contributed by atoms with Gasteiger partial charge >= 0.3 is 11.5 Å². The molecule has 1 aromatic carbocycles. The standard InChI is InChI=1S/C14H11F3N2O4S/c1-8-6-11(19-23-8)18-12(20)7-22-13(21)9-2-4-10(5-3-9)24-14(15,16)17/h2-6H,7H2,1H3,(H,18,19,20). The van der Waals surface area contributed by atoms with E-state index in [0.29, 0.717) is 5.76 Å². The van der Waals surface area contributed by atoms with E-state index in [1.807, 2.05) is 0 Å². The van der Waals surface area contributed by atoms with Gasteiger partial charge in [0.05, 0.1) is 5.56 Å². The van der Waals surface area contributed by atoms with Crippen LogP contribution >= 0.6 is 11.8 Å². The Morgan fingerprint density at radius 2 is 1.96 bits per heavy atom. The van der Waals surface area contributed by atoms with Crippen molar-refractivity contribution in [2.24, 2.45) is 0 Å². The molecule has 0 spiro atoms. The van der Waals surface area contributed by atoms with Gasteiger partial charge in [0.25, 0.3) is 5.91 Å². The second-order valence-corrected chi connectivity index (χ2v) is 5.66. The number of benzene rings is 1. The molecule has 1 heterocycles. The zero-order valence-corrected chi connectivity index (χ0v) is 13.0. The average molecular weight is 360 g/mol. The van der Waals surface area contributed by atoms with Crippen LogP contribution in [0.1, 0.15) is 16.1 Å². The van der Waals surface area contributed by atoms with Gasteiger partial charge in [-0.05, 0) is 43.0 Å². The van der Waals surface area contributed by atoms with E-state index >= 15 is 0 Å². The molecule has 24 heavy (non-hydrogen) atoms. The van der Waals surface area contributed by atoms with Gasteiger partial charge in [-0.15, -0.1) is 0 Å². The lowest BCUT2D eigenvalue weighted by atomic mass is 10.2. The molecule has 1 amide bonds. The number of thioether (sulfide) groups is 1. The number of aromatic nitrogens is 1. The molecule has 2 rings (SSSR count). The smallest absolute Gasteiger partial charge is 0.446 e. The van der Waals surface area contributed by atoms with Gasteiger partial charge in [0.15, 0.2) is 12.4 Å². The molecule has 0 fully saturated rings. The Hall–Kier alpha value is -2.49. The predicted octanol–water partition coefficient (Wildman–Crippen LogP) is 3.39. The molecule has 1 aromatic heterocycles. The number of hydrogen-bond acceptors (Lipinski definition) is 6. The first-order chi connectivity index (χ1) is 11.2. The molecular weight excluding hydrogens is 349 g/mol. The second kappa shape index (κ2) is 7.39. The number of rotatable bonds is 5. The Bertz CT molecular complexity index is 728. The quantitative estimate of drug-likeness (QED) is 0.650. The molecule has 0 aliphatic rings. The number of amides is 1. The van der Waals surface area contributed by atoms with Crippen molar-refractivity contribution < 1.29 is 32.0 Å². The van der Waals surface area contributed by atoms with Crippen LogP contribution in [0, 0.1) is 6.92 Å². The number of alkyl halides is 3. The highest BCUT2D eigenvalue weighted by Gasteiger charge is 2.29. The number of carbonyl (C=O) groups is 2. The van der Waals surface area contributed by atoms with E-state index < -0.39 is 24.0 Å². The molecule has 1 N–H and O–H groups in total. The first-order valence-electron chi connectivity index (χ1n) is 6.49. The molecule has 0 atom stereocenters. The monoisotopic (exact) mass is 360 g/mol. The molecule has 2 aromatic rings. The lowest BCUT2D eigenvalue weighted by Crippen LogP contribution is -2.21. The highest BCUT2D eigenvalue weighted by Crippen LogP contribution is 2.36. The van der Waals surface area contributed by atoms with Gasteiger partial charge in [-0.1, -0.05) is 5.16 Å². The maximum atomic E-state index is 12.2. The lowest BCUT2D eigenvalue weighted by molar-refractivity contribution is -0.119. The van der Waals surface area contributed by atoms with Crippen LogP contribution in [-0.4, -0.2) is 29.1 Å². The van der Waals surface area contributed by atoms with Crippen LogP contribution in [0.3, 0.4) is 0 Å². The summed E-state index contributed by atoms with van der Waals surface area (Å²) >= 11 is -0.289. The van der Waals surface area contributed by atoms with Crippen LogP contribution in [0.4, 0.5) is 19.0 Å². The van der Waals surface area contributed by atoms with E-state index in [0.717, 1.165) is 12.1 Å². The summed E-state index contributed by atoms with van der Waals surface area (Å²) in [4.78, 5) is 23.2. The summed E-state index contributed by atoms with van der Waals surface area (Å²) in [6.07, 6.45) is 0. The van der Waals surface area contributed by atoms with Gasteiger partial charge in [0.2, 0.25) is 0 Å². The molecule has 6 nitrogen and oxygen atoms in total. The summed E-state index contributed by atoms with van der Waals surface area (Å²) in [5.41, 5.74) is -4.37. The molecule has 0 aliphatic heterocycles. The third-order valence-electron chi connectivity index (χ3n) is 2.55. The Morgan fingerprint density at radius 3 is 2.50 bits per heavy atom. The molecule has 128 valence electrons. The molecule has 0 radical (unpaired) electrons. The normalized spacial score (nSPS) is 11.2. The predicted molar refractivity (Wildman–Crippen MR) is 78.5 cm³/mol. The van der Waals surface area contributed by atoms with Crippen molar-refractivity contribution >= 4 is 29.5 Å². The van der Waals surface area contributed by atoms with Crippen LogP contribution in [0.25, 0.3) is 0 Å². The summed E-state index contributed by atoms with van der Waals surface area (Å²) < 4.78 is 46.1. The van der Waals surface area contributed by atoms with E-state index in [9.17, 15) is 22.8 Å². The fourth-order valence-electron chi connectivity index (χ4n) is 1.61. The Labute approximate surface area is 138 Å². The molecule has 0 aliphatic carbocycles. The summed E-state index contributed by atoms with van der Waals surface area (Å²) in [7, 11) is 0. The first-order valence-corrected chi connectivity index (χ1v) is 7.31. The van der Waals surface area contributed by atoms with E-state index in [1.165, 1.54) is 18.2 Å². The van der Waals surface area contributed by atoms with Gasteiger partial charge < -0.3 is 14.6 Å². The summed E-state index contributed by atoms with van der Waals surface area (Å²) in [6.45, 7) is 1.08. The number of anilines is 1.